The minimum absolute atomic E-state index is 0.0389. The maximum atomic E-state index is 14.5. The molecule has 12 atom stereocenters. The number of nitrogens with one attached hydrogen (secondary N) is 20. The van der Waals surface area contributed by atoms with E-state index in [1.807, 2.05) is 10.6 Å². The van der Waals surface area contributed by atoms with Gasteiger partial charge in [0.05, 0.1) is 51.6 Å². The molecule has 14 amide bonds. The summed E-state index contributed by atoms with van der Waals surface area (Å²) in [6.07, 6.45) is -4.74. The fourth-order valence-corrected chi connectivity index (χ4v) is 9.85. The molecule has 2 aromatic rings. The average molecular weight is 1580 g/mol. The fraction of sp³-hybridized carbons (Fsp3) is 0.532. The number of aliphatic hydroxyl groups excluding tert-OH is 2. The van der Waals surface area contributed by atoms with E-state index in [9.17, 15) is 117 Å². The Balaban J connectivity index is 2.44. The highest BCUT2D eigenvalue weighted by Gasteiger charge is 2.38. The molecule has 111 heavy (non-hydrogen) atoms. The predicted octanol–water partition coefficient (Wildman–Crippen LogP) is -12.8. The Kier molecular flexibility index (Phi) is 40.9. The van der Waals surface area contributed by atoms with Crippen molar-refractivity contribution >= 4 is 135 Å². The van der Waals surface area contributed by atoms with Gasteiger partial charge in [-0.3, -0.25) is 103 Å². The van der Waals surface area contributed by atoms with Crippen molar-refractivity contribution in [3.05, 3.63) is 36.0 Å². The summed E-state index contributed by atoms with van der Waals surface area (Å²) in [7, 11) is 0. The monoisotopic (exact) mass is 1580 g/mol. The number of hydrogen-bond donors (Lipinski definition) is 31. The minimum atomic E-state index is -2.28. The first-order valence-electron chi connectivity index (χ1n) is 34.0. The molecule has 36 N–H and O–H groups in total. The van der Waals surface area contributed by atoms with Crippen molar-refractivity contribution in [3.8, 4) is 0 Å². The molecule has 0 fully saturated rings. The maximum Gasteiger partial charge on any atom is 0.325 e. The van der Waals surface area contributed by atoms with Gasteiger partial charge in [0, 0.05) is 49.6 Å². The number of aromatic amines is 1. The van der Waals surface area contributed by atoms with E-state index in [2.05, 4.69) is 79.4 Å². The number of hydrogen-bond acceptors (Lipinski definition) is 24. The van der Waals surface area contributed by atoms with Gasteiger partial charge in [-0.15, -0.1) is 0 Å². The van der Waals surface area contributed by atoms with Crippen LogP contribution in [0.3, 0.4) is 0 Å². The zero-order valence-corrected chi connectivity index (χ0v) is 60.2. The predicted molar refractivity (Wildman–Crippen MR) is 383 cm³/mol. The molecule has 0 bridgehead atoms. The van der Waals surface area contributed by atoms with Gasteiger partial charge >= 0.3 is 23.9 Å². The number of H-pyrrole nitrogens is 1. The van der Waals surface area contributed by atoms with Crippen molar-refractivity contribution in [2.45, 2.75) is 163 Å². The maximum absolute atomic E-state index is 14.5. The van der Waals surface area contributed by atoms with Crippen LogP contribution < -0.4 is 114 Å². The molecule has 0 spiro atoms. The minimum Gasteiger partial charge on any atom is -0.481 e. The van der Waals surface area contributed by atoms with Crippen LogP contribution in [0.4, 0.5) is 0 Å². The lowest BCUT2D eigenvalue weighted by Gasteiger charge is -2.27. The molecule has 1 aromatic heterocycles. The first kappa shape index (κ1) is 94.0. The normalized spacial score (nSPS) is 14.0. The highest BCUT2D eigenvalue weighted by atomic mass is 16.4. The van der Waals surface area contributed by atoms with Crippen LogP contribution in [-0.2, 0) is 92.7 Å². The van der Waals surface area contributed by atoms with Crippen LogP contribution in [0.25, 0.3) is 10.9 Å². The van der Waals surface area contributed by atoms with E-state index < -0.39 is 262 Å². The van der Waals surface area contributed by atoms with E-state index in [0.717, 1.165) is 13.8 Å². The largest absolute Gasteiger partial charge is 0.481 e. The second-order valence-electron chi connectivity index (χ2n) is 24.7. The standard InChI is InChI=1S/C62H97N25O24/c1-27(77-44(92)24-75-43(91)23-76-49(100)31(63)9-5-15-71-60(65)66)48(99)82-38(20-46(95)96)56(107)85-39(21-47(97)98)55(106)81-35(13-14-45(93)94)52(103)79-34(12-7-17-73-62(69)70)51(102)86-41(26-89)58(109)87-40(25-88)57(108)83-36(18-29-22-74-32-10-4-3-8-30(29)32)54(105)80-33(11-6-16-72-61(67)68)50(101)84-37(19-42(64)90)53(104)78-28(2)59(110)111/h3-4,8,10,22,27-28,31,33-41,74,88-89H,5-7,9,11-21,23-26,63H2,1-2H3,(H2,64,90)(H,75,91)(H,76,100)(H,77,92)(H,78,104)(H,79,103)(H,80,105)(H,81,106)(H,82,99)(H,83,108)(H,84,101)(H,85,107)(H,86,102)(H,87,109)(H,93,94)(H,95,96)(H,97,98)(H,110,111)(H4,65,66,71)(H4,67,68,72)(H4,69,70,73)/t27-,28-,31-,33-,34-,35-,36-,37-,38-,39-,40-,41-/m0/s1. The van der Waals surface area contributed by atoms with Crippen LogP contribution in [0.2, 0.25) is 0 Å². The van der Waals surface area contributed by atoms with Gasteiger partial charge in [-0.05, 0) is 70.4 Å². The van der Waals surface area contributed by atoms with Gasteiger partial charge in [-0.1, -0.05) is 18.2 Å². The number of carbonyl (C=O) groups is 18. The number of primary amides is 1. The van der Waals surface area contributed by atoms with E-state index in [-0.39, 0.29) is 51.3 Å². The first-order chi connectivity index (χ1) is 52.2. The SMILES string of the molecule is C[C@H](NC(=O)[C@H](CC(N)=O)NC(=O)[C@H](CCCNC(=N)N)NC(=O)[C@H](Cc1c[nH]c2ccccc12)NC(=O)[C@H](CO)NC(=O)[C@H](CO)NC(=O)[C@H](CCCNC(=N)N)NC(=O)[C@H](CCC(=O)O)NC(=O)[C@H](CC(=O)O)NC(=O)[C@H](CC(=O)O)NC(=O)[C@H](C)NC(=O)CNC(=O)CNC(=O)[C@@H](N)CCCNC(=N)N)C(=O)O. The molecule has 0 aliphatic heterocycles. The lowest BCUT2D eigenvalue weighted by molar-refractivity contribution is -0.143. The zero-order chi connectivity index (χ0) is 83.8. The lowest BCUT2D eigenvalue weighted by Crippen LogP contribution is -2.62. The van der Waals surface area contributed by atoms with E-state index in [1.54, 1.807) is 24.3 Å². The Labute approximate surface area is 630 Å². The van der Waals surface area contributed by atoms with Crippen LogP contribution in [0, 0.1) is 16.2 Å². The smallest absolute Gasteiger partial charge is 0.325 e. The number of benzene rings is 1. The number of aromatic nitrogens is 1. The number of guanidine groups is 3. The highest BCUT2D eigenvalue weighted by Crippen LogP contribution is 2.20. The molecule has 49 heteroatoms. The Morgan fingerprint density at radius 3 is 1.23 bits per heavy atom. The van der Waals surface area contributed by atoms with Crippen molar-refractivity contribution in [2.75, 3.05) is 45.9 Å². The zero-order valence-electron chi connectivity index (χ0n) is 60.2. The van der Waals surface area contributed by atoms with E-state index in [1.165, 1.54) is 6.20 Å². The molecule has 0 aliphatic rings. The van der Waals surface area contributed by atoms with E-state index in [0.29, 0.717) is 22.9 Å². The van der Waals surface area contributed by atoms with Crippen LogP contribution in [0.15, 0.2) is 30.5 Å². The molecular formula is C62H97N25O24. The molecule has 1 aromatic carbocycles. The number of fused-ring (bicyclic) bond motifs is 1. The Hall–Kier alpha value is -13.1. The van der Waals surface area contributed by atoms with Crippen molar-refractivity contribution < 1.29 is 117 Å². The number of aliphatic hydroxyl groups is 2. The summed E-state index contributed by atoms with van der Waals surface area (Å²) in [6.45, 7) is -1.89. The Bertz CT molecular complexity index is 3710. The highest BCUT2D eigenvalue weighted by molar-refractivity contribution is 6.01. The number of amides is 14. The number of rotatable bonds is 52. The van der Waals surface area contributed by atoms with Crippen LogP contribution >= 0.6 is 0 Å². The topological polar surface area (TPSA) is 839 Å². The molecule has 0 radical (unpaired) electrons. The molecule has 614 valence electrons. The van der Waals surface area contributed by atoms with Crippen LogP contribution in [0.5, 0.6) is 0 Å². The second kappa shape index (κ2) is 48.3. The quantitative estimate of drug-likeness (QED) is 0.0166. The number of nitrogens with two attached hydrogens (primary N) is 5. The Morgan fingerprint density at radius 1 is 0.405 bits per heavy atom. The van der Waals surface area contributed by atoms with Gasteiger partial charge in [-0.2, -0.15) is 0 Å². The molecule has 0 unspecified atom stereocenters. The molecule has 0 aliphatic carbocycles. The molecule has 2 rings (SSSR count). The molecule has 0 saturated carbocycles. The molecule has 1 heterocycles. The number of carboxylic acids is 4. The van der Waals surface area contributed by atoms with Crippen LogP contribution in [-0.4, -0.2) is 279 Å². The summed E-state index contributed by atoms with van der Waals surface area (Å²) in [6, 6.07) is -15.4. The van der Waals surface area contributed by atoms with Crippen LogP contribution in [0.1, 0.15) is 90.0 Å². The van der Waals surface area contributed by atoms with Crippen molar-refractivity contribution in [1.82, 2.24) is 90.1 Å². The first-order valence-corrected chi connectivity index (χ1v) is 34.0. The number of carbonyl (C=O) groups excluding carboxylic acids is 14. The van der Waals surface area contributed by atoms with Crippen molar-refractivity contribution in [1.29, 1.82) is 16.2 Å². The molecular weight excluding hydrogens is 1480 g/mol. The van der Waals surface area contributed by atoms with Gasteiger partial charge in [0.15, 0.2) is 17.9 Å². The van der Waals surface area contributed by atoms with Gasteiger partial charge in [-0.25, -0.2) is 0 Å². The van der Waals surface area contributed by atoms with Gasteiger partial charge in [0.25, 0.3) is 0 Å². The summed E-state index contributed by atoms with van der Waals surface area (Å²) in [5.74, 6) is -25.1. The summed E-state index contributed by atoms with van der Waals surface area (Å²) in [5, 5.41) is 118. The third kappa shape index (κ3) is 36.4. The third-order valence-corrected chi connectivity index (χ3v) is 15.7. The summed E-state index contributed by atoms with van der Waals surface area (Å²) in [5.41, 5.74) is 28.0. The van der Waals surface area contributed by atoms with Gasteiger partial charge < -0.3 is 149 Å². The fourth-order valence-electron chi connectivity index (χ4n) is 9.85. The number of aliphatic carboxylic acids is 4. The summed E-state index contributed by atoms with van der Waals surface area (Å²) in [4.78, 5) is 239. The van der Waals surface area contributed by atoms with Crippen molar-refractivity contribution in [2.24, 2.45) is 28.7 Å². The number of carboxylic acid groups (broad SMARTS) is 4. The van der Waals surface area contributed by atoms with Gasteiger partial charge in [0.2, 0.25) is 82.7 Å². The number of para-hydroxylation sites is 1. The molecule has 49 nitrogen and oxygen atoms in total. The molecule has 0 saturated heterocycles. The van der Waals surface area contributed by atoms with E-state index in [4.69, 9.17) is 44.9 Å². The second-order valence-corrected chi connectivity index (χ2v) is 24.7. The summed E-state index contributed by atoms with van der Waals surface area (Å²) >= 11 is 0. The van der Waals surface area contributed by atoms with Gasteiger partial charge in [0.1, 0.15) is 66.5 Å². The van der Waals surface area contributed by atoms with Crippen molar-refractivity contribution in [3.63, 3.8) is 0 Å². The Morgan fingerprint density at radius 2 is 0.784 bits per heavy atom. The average Bonchev–Trinajstić information content (AvgIpc) is 1.56. The lowest BCUT2D eigenvalue weighted by atomic mass is 10.0. The third-order valence-electron chi connectivity index (χ3n) is 15.7. The van der Waals surface area contributed by atoms with E-state index >= 15 is 0 Å². The summed E-state index contributed by atoms with van der Waals surface area (Å²) < 4.78 is 0.